The Bertz CT molecular complexity index is 557. The first-order chi connectivity index (χ1) is 11.6. The van der Waals surface area contributed by atoms with Crippen LogP contribution >= 0.6 is 11.6 Å². The number of likely N-dealkylation sites (tertiary alicyclic amines) is 1. The van der Waals surface area contributed by atoms with Crippen molar-refractivity contribution in [3.05, 3.63) is 34.9 Å². The van der Waals surface area contributed by atoms with Crippen LogP contribution in [0.5, 0.6) is 0 Å². The van der Waals surface area contributed by atoms with Gasteiger partial charge >= 0.3 is 0 Å². The van der Waals surface area contributed by atoms with Gasteiger partial charge in [-0.1, -0.05) is 23.7 Å². The molecule has 0 atom stereocenters. The maximum absolute atomic E-state index is 12.5. The van der Waals surface area contributed by atoms with Crippen molar-refractivity contribution in [1.29, 1.82) is 0 Å². The Hall–Kier alpha value is -1.59. The molecule has 1 aliphatic heterocycles. The molecule has 132 valence electrons. The standard InChI is InChI=1S/C18H25ClN2O3/c1-24-13-10-20-17(22)7-6-14-8-11-21(12-9-14)18(23)15-4-2-3-5-16(15)19/h2-5,14H,6-13H2,1H3,(H,20,22). The van der Waals surface area contributed by atoms with Crippen molar-refractivity contribution in [3.63, 3.8) is 0 Å². The summed E-state index contributed by atoms with van der Waals surface area (Å²) in [5.41, 5.74) is 0.565. The number of nitrogens with one attached hydrogen (secondary N) is 1. The minimum absolute atomic E-state index is 0.00337. The predicted molar refractivity (Wildman–Crippen MR) is 94.2 cm³/mol. The molecule has 0 unspecified atom stereocenters. The van der Waals surface area contributed by atoms with Gasteiger partial charge in [0.1, 0.15) is 0 Å². The number of methoxy groups -OCH3 is 1. The fraction of sp³-hybridized carbons (Fsp3) is 0.556. The maximum Gasteiger partial charge on any atom is 0.255 e. The molecular weight excluding hydrogens is 328 g/mol. The lowest BCUT2D eigenvalue weighted by Gasteiger charge is -2.32. The number of ether oxygens (including phenoxy) is 1. The van der Waals surface area contributed by atoms with Gasteiger partial charge in [-0.2, -0.15) is 0 Å². The van der Waals surface area contributed by atoms with E-state index in [0.29, 0.717) is 36.1 Å². The SMILES string of the molecule is COCCNC(=O)CCC1CCN(C(=O)c2ccccc2Cl)CC1. The summed E-state index contributed by atoms with van der Waals surface area (Å²) in [5.74, 6) is 0.562. The Morgan fingerprint density at radius 1 is 1.29 bits per heavy atom. The molecule has 5 nitrogen and oxygen atoms in total. The molecule has 1 N–H and O–H groups in total. The highest BCUT2D eigenvalue weighted by molar-refractivity contribution is 6.33. The number of carbonyl (C=O) groups excluding carboxylic acids is 2. The Morgan fingerprint density at radius 3 is 2.67 bits per heavy atom. The average Bonchev–Trinajstić information content (AvgIpc) is 2.60. The molecule has 1 aromatic rings. The summed E-state index contributed by atoms with van der Waals surface area (Å²) in [6, 6.07) is 7.15. The van der Waals surface area contributed by atoms with E-state index >= 15 is 0 Å². The van der Waals surface area contributed by atoms with Gasteiger partial charge in [0.2, 0.25) is 5.91 Å². The third-order valence-corrected chi connectivity index (χ3v) is 4.74. The summed E-state index contributed by atoms with van der Waals surface area (Å²) in [7, 11) is 1.61. The highest BCUT2D eigenvalue weighted by Crippen LogP contribution is 2.24. The second-order valence-electron chi connectivity index (χ2n) is 6.10. The average molecular weight is 353 g/mol. The zero-order valence-corrected chi connectivity index (χ0v) is 14.8. The van der Waals surface area contributed by atoms with Crippen LogP contribution in [0, 0.1) is 5.92 Å². The van der Waals surface area contributed by atoms with Crippen LogP contribution in [-0.2, 0) is 9.53 Å². The molecule has 1 fully saturated rings. The molecule has 0 saturated carbocycles. The van der Waals surface area contributed by atoms with Crippen molar-refractivity contribution in [2.75, 3.05) is 33.4 Å². The zero-order chi connectivity index (χ0) is 17.4. The van der Waals surface area contributed by atoms with Gasteiger partial charge in [0.15, 0.2) is 0 Å². The molecule has 0 spiro atoms. The molecule has 24 heavy (non-hydrogen) atoms. The lowest BCUT2D eigenvalue weighted by Crippen LogP contribution is -2.39. The Labute approximate surface area is 148 Å². The normalized spacial score (nSPS) is 15.3. The van der Waals surface area contributed by atoms with Gasteiger partial charge in [-0.25, -0.2) is 0 Å². The maximum atomic E-state index is 12.5. The van der Waals surface area contributed by atoms with E-state index in [1.165, 1.54) is 0 Å². The van der Waals surface area contributed by atoms with Crippen LogP contribution in [0.2, 0.25) is 5.02 Å². The van der Waals surface area contributed by atoms with Crippen molar-refractivity contribution < 1.29 is 14.3 Å². The first kappa shape index (κ1) is 18.7. The lowest BCUT2D eigenvalue weighted by molar-refractivity contribution is -0.121. The van der Waals surface area contributed by atoms with Crippen LogP contribution in [0.1, 0.15) is 36.0 Å². The monoisotopic (exact) mass is 352 g/mol. The lowest BCUT2D eigenvalue weighted by atomic mass is 9.91. The summed E-state index contributed by atoms with van der Waals surface area (Å²) in [5, 5.41) is 3.33. The minimum Gasteiger partial charge on any atom is -0.383 e. The molecule has 0 radical (unpaired) electrons. The zero-order valence-electron chi connectivity index (χ0n) is 14.1. The quantitative estimate of drug-likeness (QED) is 0.767. The van der Waals surface area contributed by atoms with E-state index in [-0.39, 0.29) is 11.8 Å². The molecular formula is C18H25ClN2O3. The van der Waals surface area contributed by atoms with Crippen molar-refractivity contribution in [3.8, 4) is 0 Å². The molecule has 2 rings (SSSR count). The Balaban J connectivity index is 1.72. The van der Waals surface area contributed by atoms with Crippen LogP contribution in [0.25, 0.3) is 0 Å². The van der Waals surface area contributed by atoms with Gasteiger partial charge in [0.05, 0.1) is 17.2 Å². The van der Waals surface area contributed by atoms with Gasteiger partial charge in [-0.05, 0) is 37.3 Å². The second-order valence-corrected chi connectivity index (χ2v) is 6.50. The molecule has 1 heterocycles. The molecule has 0 aromatic heterocycles. The van der Waals surface area contributed by atoms with Crippen LogP contribution in [-0.4, -0.2) is 50.1 Å². The van der Waals surface area contributed by atoms with Gasteiger partial charge in [-0.15, -0.1) is 0 Å². The van der Waals surface area contributed by atoms with E-state index in [9.17, 15) is 9.59 Å². The third-order valence-electron chi connectivity index (χ3n) is 4.41. The molecule has 1 aromatic carbocycles. The van der Waals surface area contributed by atoms with Crippen molar-refractivity contribution in [1.82, 2.24) is 10.2 Å². The summed E-state index contributed by atoms with van der Waals surface area (Å²) in [4.78, 5) is 26.1. The van der Waals surface area contributed by atoms with E-state index in [1.54, 1.807) is 19.2 Å². The number of halogens is 1. The highest BCUT2D eigenvalue weighted by Gasteiger charge is 2.24. The smallest absolute Gasteiger partial charge is 0.255 e. The number of hydrogen-bond donors (Lipinski definition) is 1. The van der Waals surface area contributed by atoms with E-state index < -0.39 is 0 Å². The van der Waals surface area contributed by atoms with E-state index in [4.69, 9.17) is 16.3 Å². The van der Waals surface area contributed by atoms with Crippen molar-refractivity contribution in [2.45, 2.75) is 25.7 Å². The molecule has 1 aliphatic rings. The number of rotatable bonds is 7. The van der Waals surface area contributed by atoms with Crippen LogP contribution < -0.4 is 5.32 Å². The third kappa shape index (κ3) is 5.49. The summed E-state index contributed by atoms with van der Waals surface area (Å²) >= 11 is 6.10. The fourth-order valence-electron chi connectivity index (χ4n) is 2.95. The molecule has 1 saturated heterocycles. The van der Waals surface area contributed by atoms with Crippen LogP contribution in [0.15, 0.2) is 24.3 Å². The van der Waals surface area contributed by atoms with Crippen LogP contribution in [0.3, 0.4) is 0 Å². The Kier molecular flexibility index (Phi) is 7.53. The summed E-state index contributed by atoms with van der Waals surface area (Å²) in [6.45, 7) is 2.54. The van der Waals surface area contributed by atoms with Gasteiger partial charge in [0, 0.05) is 33.2 Å². The predicted octanol–water partition coefficient (Wildman–Crippen LogP) is 2.74. The molecule has 2 amide bonds. The number of amides is 2. The highest BCUT2D eigenvalue weighted by atomic mass is 35.5. The number of piperidine rings is 1. The fourth-order valence-corrected chi connectivity index (χ4v) is 3.16. The van der Waals surface area contributed by atoms with Crippen LogP contribution in [0.4, 0.5) is 0 Å². The van der Waals surface area contributed by atoms with E-state index in [2.05, 4.69) is 5.32 Å². The molecule has 6 heteroatoms. The van der Waals surface area contributed by atoms with Gasteiger partial charge in [0.25, 0.3) is 5.91 Å². The first-order valence-electron chi connectivity index (χ1n) is 8.41. The summed E-state index contributed by atoms with van der Waals surface area (Å²) in [6.07, 6.45) is 3.27. The molecule has 0 aliphatic carbocycles. The van der Waals surface area contributed by atoms with E-state index in [1.807, 2.05) is 17.0 Å². The van der Waals surface area contributed by atoms with Crippen molar-refractivity contribution >= 4 is 23.4 Å². The summed E-state index contributed by atoms with van der Waals surface area (Å²) < 4.78 is 4.90. The van der Waals surface area contributed by atoms with E-state index in [0.717, 1.165) is 32.4 Å². The number of nitrogens with zero attached hydrogens (tertiary/aromatic N) is 1. The largest absolute Gasteiger partial charge is 0.383 e. The Morgan fingerprint density at radius 2 is 2.00 bits per heavy atom. The van der Waals surface area contributed by atoms with Gasteiger partial charge < -0.3 is 15.0 Å². The molecule has 0 bridgehead atoms. The topological polar surface area (TPSA) is 58.6 Å². The minimum atomic E-state index is -0.00337. The number of hydrogen-bond acceptors (Lipinski definition) is 3. The van der Waals surface area contributed by atoms with Crippen molar-refractivity contribution in [2.24, 2.45) is 5.92 Å². The van der Waals surface area contributed by atoms with Gasteiger partial charge in [-0.3, -0.25) is 9.59 Å². The number of benzene rings is 1. The second kappa shape index (κ2) is 9.64. The first-order valence-corrected chi connectivity index (χ1v) is 8.79. The number of carbonyl (C=O) groups is 2.